The second-order valence-electron chi connectivity index (χ2n) is 4.15. The van der Waals surface area contributed by atoms with Crippen molar-refractivity contribution in [2.75, 3.05) is 14.1 Å². The summed E-state index contributed by atoms with van der Waals surface area (Å²) < 4.78 is 26.4. The molecule has 1 N–H and O–H groups in total. The molecular formula is C11H14Cl2N2O3S. The maximum absolute atomic E-state index is 12.0. The number of carbonyl (C=O) groups excluding carboxylic acids is 1. The molecule has 8 heteroatoms. The molecule has 0 spiro atoms. The fourth-order valence-corrected chi connectivity index (χ4v) is 2.97. The molecule has 106 valence electrons. The first-order valence-corrected chi connectivity index (χ1v) is 7.57. The molecule has 0 heterocycles. The number of nitrogens with one attached hydrogen (secondary N) is 1. The molecule has 1 amide bonds. The first-order chi connectivity index (χ1) is 8.65. The minimum atomic E-state index is -3.82. The Kier molecular flexibility index (Phi) is 5.20. The molecule has 0 radical (unpaired) electrons. The highest BCUT2D eigenvalue weighted by atomic mass is 35.5. The van der Waals surface area contributed by atoms with Crippen LogP contribution >= 0.6 is 23.2 Å². The number of halogens is 2. The number of rotatable bonds is 4. The Morgan fingerprint density at radius 3 is 2.32 bits per heavy atom. The third-order valence-corrected chi connectivity index (χ3v) is 4.62. The van der Waals surface area contributed by atoms with E-state index in [0.717, 1.165) is 0 Å². The molecule has 1 atom stereocenters. The van der Waals surface area contributed by atoms with Gasteiger partial charge in [-0.1, -0.05) is 23.2 Å². The zero-order valence-corrected chi connectivity index (χ0v) is 13.0. The van der Waals surface area contributed by atoms with Gasteiger partial charge in [-0.15, -0.1) is 0 Å². The minimum Gasteiger partial charge on any atom is -0.347 e. The number of hydrogen-bond acceptors (Lipinski definition) is 3. The van der Waals surface area contributed by atoms with E-state index in [1.165, 1.54) is 30.0 Å². The highest BCUT2D eigenvalue weighted by Crippen LogP contribution is 2.24. The van der Waals surface area contributed by atoms with Gasteiger partial charge in [-0.2, -0.15) is 4.72 Å². The Morgan fingerprint density at radius 2 is 1.84 bits per heavy atom. The third-order valence-electron chi connectivity index (χ3n) is 2.34. The van der Waals surface area contributed by atoms with Crippen LogP contribution in [0, 0.1) is 0 Å². The number of benzene rings is 1. The predicted octanol–water partition coefficient (Wildman–Crippen LogP) is 1.75. The lowest BCUT2D eigenvalue weighted by atomic mass is 10.3. The maximum Gasteiger partial charge on any atom is 0.241 e. The molecule has 0 saturated carbocycles. The lowest BCUT2D eigenvalue weighted by Gasteiger charge is -2.18. The van der Waals surface area contributed by atoms with Crippen molar-refractivity contribution in [1.29, 1.82) is 0 Å². The van der Waals surface area contributed by atoms with Gasteiger partial charge in [-0.3, -0.25) is 4.79 Å². The Balaban J connectivity index is 2.99. The van der Waals surface area contributed by atoms with Crippen LogP contribution in [0.25, 0.3) is 0 Å². The molecule has 1 unspecified atom stereocenters. The zero-order chi connectivity index (χ0) is 14.8. The normalized spacial score (nSPS) is 13.1. The van der Waals surface area contributed by atoms with E-state index in [-0.39, 0.29) is 20.8 Å². The van der Waals surface area contributed by atoms with Gasteiger partial charge >= 0.3 is 0 Å². The summed E-state index contributed by atoms with van der Waals surface area (Å²) in [6.07, 6.45) is 0. The van der Waals surface area contributed by atoms with Crippen molar-refractivity contribution in [1.82, 2.24) is 9.62 Å². The van der Waals surface area contributed by atoms with Gasteiger partial charge in [0.15, 0.2) is 0 Å². The average Bonchev–Trinajstić information content (AvgIpc) is 2.30. The van der Waals surface area contributed by atoms with Gasteiger partial charge < -0.3 is 4.90 Å². The summed E-state index contributed by atoms with van der Waals surface area (Å²) >= 11 is 11.5. The second kappa shape index (κ2) is 6.09. The van der Waals surface area contributed by atoms with Crippen molar-refractivity contribution in [2.24, 2.45) is 0 Å². The van der Waals surface area contributed by atoms with E-state index >= 15 is 0 Å². The number of likely N-dealkylation sites (N-methyl/N-ethyl adjacent to an activating group) is 1. The van der Waals surface area contributed by atoms with Gasteiger partial charge in [0.2, 0.25) is 15.9 Å². The molecule has 0 bridgehead atoms. The molecule has 1 aromatic rings. The van der Waals surface area contributed by atoms with Crippen LogP contribution in [0.3, 0.4) is 0 Å². The lowest BCUT2D eigenvalue weighted by molar-refractivity contribution is -0.130. The Labute approximate surface area is 122 Å². The van der Waals surface area contributed by atoms with Gasteiger partial charge in [0.05, 0.1) is 21.0 Å². The van der Waals surface area contributed by atoms with Crippen LogP contribution in [0.1, 0.15) is 6.92 Å². The summed E-state index contributed by atoms with van der Waals surface area (Å²) in [7, 11) is -0.722. The minimum absolute atomic E-state index is 0.0414. The summed E-state index contributed by atoms with van der Waals surface area (Å²) in [5.74, 6) is -0.344. The standard InChI is InChI=1S/C11H14Cl2N2O3S/c1-7(11(16)15(2)3)14-19(17,18)8-4-5-9(12)10(13)6-8/h4-7,14H,1-3H3. The van der Waals surface area contributed by atoms with E-state index in [1.54, 1.807) is 14.1 Å². The highest BCUT2D eigenvalue weighted by Gasteiger charge is 2.23. The van der Waals surface area contributed by atoms with E-state index in [9.17, 15) is 13.2 Å². The van der Waals surface area contributed by atoms with E-state index in [1.807, 2.05) is 0 Å². The van der Waals surface area contributed by atoms with Gasteiger partial charge in [-0.25, -0.2) is 8.42 Å². The van der Waals surface area contributed by atoms with Crippen LogP contribution < -0.4 is 4.72 Å². The highest BCUT2D eigenvalue weighted by molar-refractivity contribution is 7.89. The summed E-state index contributed by atoms with van der Waals surface area (Å²) in [4.78, 5) is 12.9. The largest absolute Gasteiger partial charge is 0.347 e. The number of carbonyl (C=O) groups is 1. The zero-order valence-electron chi connectivity index (χ0n) is 10.6. The number of hydrogen-bond donors (Lipinski definition) is 1. The molecule has 0 aliphatic rings. The molecule has 0 aliphatic heterocycles. The summed E-state index contributed by atoms with van der Waals surface area (Å²) in [5, 5.41) is 0.397. The Morgan fingerprint density at radius 1 is 1.26 bits per heavy atom. The van der Waals surface area contributed by atoms with Crippen LogP contribution in [0.15, 0.2) is 23.1 Å². The van der Waals surface area contributed by atoms with E-state index in [4.69, 9.17) is 23.2 Å². The van der Waals surface area contributed by atoms with Gasteiger partial charge in [0.25, 0.3) is 0 Å². The van der Waals surface area contributed by atoms with Crippen LogP contribution in [-0.2, 0) is 14.8 Å². The molecule has 5 nitrogen and oxygen atoms in total. The van der Waals surface area contributed by atoms with E-state index in [2.05, 4.69) is 4.72 Å². The van der Waals surface area contributed by atoms with Crippen LogP contribution in [0.2, 0.25) is 10.0 Å². The fourth-order valence-electron chi connectivity index (χ4n) is 1.38. The smallest absolute Gasteiger partial charge is 0.241 e. The van der Waals surface area contributed by atoms with Crippen molar-refractivity contribution in [3.8, 4) is 0 Å². The number of nitrogens with zero attached hydrogens (tertiary/aromatic N) is 1. The monoisotopic (exact) mass is 324 g/mol. The molecule has 1 rings (SSSR count). The Bertz CT molecular complexity index is 588. The molecular weight excluding hydrogens is 311 g/mol. The summed E-state index contributed by atoms with van der Waals surface area (Å²) in [6, 6.07) is 3.08. The van der Waals surface area contributed by atoms with E-state index < -0.39 is 16.1 Å². The van der Waals surface area contributed by atoms with E-state index in [0.29, 0.717) is 0 Å². The van der Waals surface area contributed by atoms with Crippen LogP contribution in [-0.4, -0.2) is 39.4 Å². The molecule has 0 saturated heterocycles. The first kappa shape index (κ1) is 16.2. The second-order valence-corrected chi connectivity index (χ2v) is 6.68. The molecule has 0 aliphatic carbocycles. The Hall–Kier alpha value is -0.820. The van der Waals surface area contributed by atoms with Crippen molar-refractivity contribution < 1.29 is 13.2 Å². The summed E-state index contributed by atoms with van der Waals surface area (Å²) in [5.41, 5.74) is 0. The third kappa shape index (κ3) is 4.07. The molecule has 0 aromatic heterocycles. The predicted molar refractivity (Wildman–Crippen MR) is 74.9 cm³/mol. The van der Waals surface area contributed by atoms with Crippen LogP contribution in [0.5, 0.6) is 0 Å². The maximum atomic E-state index is 12.0. The van der Waals surface area contributed by atoms with Gasteiger partial charge in [0.1, 0.15) is 0 Å². The number of sulfonamides is 1. The fraction of sp³-hybridized carbons (Fsp3) is 0.364. The van der Waals surface area contributed by atoms with Gasteiger partial charge in [0, 0.05) is 14.1 Å². The van der Waals surface area contributed by atoms with Crippen molar-refractivity contribution in [3.05, 3.63) is 28.2 Å². The summed E-state index contributed by atoms with van der Waals surface area (Å²) in [6.45, 7) is 1.47. The van der Waals surface area contributed by atoms with Crippen molar-refractivity contribution >= 4 is 39.1 Å². The van der Waals surface area contributed by atoms with Crippen molar-refractivity contribution in [2.45, 2.75) is 17.9 Å². The molecule has 19 heavy (non-hydrogen) atoms. The first-order valence-electron chi connectivity index (χ1n) is 5.33. The lowest BCUT2D eigenvalue weighted by Crippen LogP contribution is -2.44. The number of amides is 1. The van der Waals surface area contributed by atoms with Crippen LogP contribution in [0.4, 0.5) is 0 Å². The quantitative estimate of drug-likeness (QED) is 0.917. The topological polar surface area (TPSA) is 66.5 Å². The molecule has 1 aromatic carbocycles. The SMILES string of the molecule is CC(NS(=O)(=O)c1ccc(Cl)c(Cl)c1)C(=O)N(C)C. The van der Waals surface area contributed by atoms with Crippen molar-refractivity contribution in [3.63, 3.8) is 0 Å². The van der Waals surface area contributed by atoms with Gasteiger partial charge in [-0.05, 0) is 25.1 Å². The average molecular weight is 325 g/mol. The molecule has 0 fully saturated rings.